The minimum absolute atomic E-state index is 0.167. The Morgan fingerprint density at radius 1 is 1.35 bits per heavy atom. The molecule has 1 aromatic rings. The highest BCUT2D eigenvalue weighted by Gasteiger charge is 2.19. The molecule has 2 N–H and O–H groups in total. The summed E-state index contributed by atoms with van der Waals surface area (Å²) >= 11 is 0. The van der Waals surface area contributed by atoms with Gasteiger partial charge >= 0.3 is 0 Å². The van der Waals surface area contributed by atoms with E-state index in [1.165, 1.54) is 5.56 Å². The van der Waals surface area contributed by atoms with Crippen LogP contribution in [0, 0.1) is 12.3 Å². The summed E-state index contributed by atoms with van der Waals surface area (Å²) < 4.78 is 0. The first-order valence-electron chi connectivity index (χ1n) is 6.31. The van der Waals surface area contributed by atoms with Gasteiger partial charge in [0.15, 0.2) is 0 Å². The van der Waals surface area contributed by atoms with Gasteiger partial charge < -0.3 is 5.73 Å². The second kappa shape index (κ2) is 6.12. The summed E-state index contributed by atoms with van der Waals surface area (Å²) in [5.74, 6) is 0. The largest absolute Gasteiger partial charge is 0.330 e. The topological polar surface area (TPSA) is 42.2 Å². The first-order valence-corrected chi connectivity index (χ1v) is 6.31. The van der Waals surface area contributed by atoms with E-state index in [0.717, 1.165) is 25.3 Å². The zero-order valence-electron chi connectivity index (χ0n) is 11.5. The molecule has 0 aliphatic heterocycles. The van der Waals surface area contributed by atoms with Gasteiger partial charge in [-0.15, -0.1) is 0 Å². The van der Waals surface area contributed by atoms with E-state index in [0.29, 0.717) is 6.54 Å². The van der Waals surface area contributed by atoms with Gasteiger partial charge in [0, 0.05) is 19.3 Å². The van der Waals surface area contributed by atoms with E-state index in [1.807, 2.05) is 6.20 Å². The van der Waals surface area contributed by atoms with Crippen molar-refractivity contribution < 1.29 is 0 Å². The lowest BCUT2D eigenvalue weighted by atomic mass is 9.93. The van der Waals surface area contributed by atoms with E-state index in [4.69, 9.17) is 5.73 Å². The summed E-state index contributed by atoms with van der Waals surface area (Å²) in [7, 11) is 0. The molecule has 1 aromatic heterocycles. The second-order valence-electron chi connectivity index (χ2n) is 5.50. The van der Waals surface area contributed by atoms with Crippen molar-refractivity contribution in [3.05, 3.63) is 29.6 Å². The van der Waals surface area contributed by atoms with Gasteiger partial charge in [0.05, 0.1) is 5.69 Å². The number of aromatic nitrogens is 1. The zero-order valence-corrected chi connectivity index (χ0v) is 11.5. The van der Waals surface area contributed by atoms with Gasteiger partial charge in [-0.3, -0.25) is 9.88 Å². The number of hydrogen-bond donors (Lipinski definition) is 1. The first-order chi connectivity index (χ1) is 7.96. The molecule has 0 aliphatic carbocycles. The van der Waals surface area contributed by atoms with Crippen LogP contribution in [0.1, 0.15) is 32.0 Å². The van der Waals surface area contributed by atoms with Gasteiger partial charge in [0.2, 0.25) is 0 Å². The maximum atomic E-state index is 5.78. The lowest BCUT2D eigenvalue weighted by Crippen LogP contribution is -2.38. The van der Waals surface area contributed by atoms with Crippen LogP contribution in [-0.4, -0.2) is 29.5 Å². The van der Waals surface area contributed by atoms with E-state index in [-0.39, 0.29) is 5.41 Å². The fourth-order valence-corrected chi connectivity index (χ4v) is 1.77. The molecule has 3 heteroatoms. The number of nitrogens with zero attached hydrogens (tertiary/aromatic N) is 2. The normalized spacial score (nSPS) is 12.1. The SMILES string of the molecule is CCN(Cc1ccc(C)cn1)CC(C)(C)CN. The van der Waals surface area contributed by atoms with Crippen molar-refractivity contribution in [1.82, 2.24) is 9.88 Å². The Kier molecular flexibility index (Phi) is 5.09. The lowest BCUT2D eigenvalue weighted by Gasteiger charge is -2.30. The fourth-order valence-electron chi connectivity index (χ4n) is 1.77. The van der Waals surface area contributed by atoms with Crippen LogP contribution in [0.5, 0.6) is 0 Å². The standard InChI is InChI=1S/C14H25N3/c1-5-17(11-14(3,4)10-15)9-13-7-6-12(2)8-16-13/h6-8H,5,9-11,15H2,1-4H3. The molecular formula is C14H25N3. The summed E-state index contributed by atoms with van der Waals surface area (Å²) in [5.41, 5.74) is 8.28. The van der Waals surface area contributed by atoms with Gasteiger partial charge in [0.1, 0.15) is 0 Å². The molecule has 0 spiro atoms. The van der Waals surface area contributed by atoms with Crippen molar-refractivity contribution in [2.45, 2.75) is 34.2 Å². The highest BCUT2D eigenvalue weighted by atomic mass is 15.1. The van der Waals surface area contributed by atoms with Gasteiger partial charge in [-0.2, -0.15) is 0 Å². The smallest absolute Gasteiger partial charge is 0.0544 e. The Bertz CT molecular complexity index is 330. The summed E-state index contributed by atoms with van der Waals surface area (Å²) in [5, 5.41) is 0. The highest BCUT2D eigenvalue weighted by molar-refractivity contribution is 5.12. The first kappa shape index (κ1) is 14.1. The predicted molar refractivity (Wildman–Crippen MR) is 72.8 cm³/mol. The number of pyridine rings is 1. The zero-order chi connectivity index (χ0) is 12.9. The van der Waals surface area contributed by atoms with E-state index in [1.54, 1.807) is 0 Å². The third kappa shape index (κ3) is 4.84. The van der Waals surface area contributed by atoms with Crippen molar-refractivity contribution in [2.75, 3.05) is 19.6 Å². The van der Waals surface area contributed by atoms with E-state index in [9.17, 15) is 0 Å². The molecule has 0 atom stereocenters. The van der Waals surface area contributed by atoms with Crippen LogP contribution < -0.4 is 5.73 Å². The monoisotopic (exact) mass is 235 g/mol. The van der Waals surface area contributed by atoms with E-state index < -0.39 is 0 Å². The van der Waals surface area contributed by atoms with Gasteiger partial charge in [-0.05, 0) is 37.1 Å². The highest BCUT2D eigenvalue weighted by Crippen LogP contribution is 2.16. The molecule has 0 radical (unpaired) electrons. The molecule has 0 aromatic carbocycles. The third-order valence-corrected chi connectivity index (χ3v) is 3.01. The number of aryl methyl sites for hydroxylation is 1. The van der Waals surface area contributed by atoms with Crippen molar-refractivity contribution in [3.63, 3.8) is 0 Å². The van der Waals surface area contributed by atoms with Crippen molar-refractivity contribution in [2.24, 2.45) is 11.1 Å². The Morgan fingerprint density at radius 3 is 2.53 bits per heavy atom. The molecule has 0 saturated heterocycles. The molecule has 17 heavy (non-hydrogen) atoms. The Hall–Kier alpha value is -0.930. The number of hydrogen-bond acceptors (Lipinski definition) is 3. The van der Waals surface area contributed by atoms with Crippen molar-refractivity contribution in [1.29, 1.82) is 0 Å². The van der Waals surface area contributed by atoms with Crippen LogP contribution in [0.2, 0.25) is 0 Å². The molecule has 1 rings (SSSR count). The molecule has 0 unspecified atom stereocenters. The lowest BCUT2D eigenvalue weighted by molar-refractivity contribution is 0.182. The Balaban J connectivity index is 2.61. The summed E-state index contributed by atoms with van der Waals surface area (Å²) in [6.45, 7) is 12.3. The van der Waals surface area contributed by atoms with Gasteiger partial charge in [-0.1, -0.05) is 26.8 Å². The molecule has 0 aliphatic rings. The molecule has 0 fully saturated rings. The van der Waals surface area contributed by atoms with Crippen molar-refractivity contribution >= 4 is 0 Å². The number of rotatable bonds is 6. The molecule has 3 nitrogen and oxygen atoms in total. The van der Waals surface area contributed by atoms with Gasteiger partial charge in [0.25, 0.3) is 0 Å². The average Bonchev–Trinajstić information content (AvgIpc) is 2.31. The van der Waals surface area contributed by atoms with E-state index >= 15 is 0 Å². The molecule has 1 heterocycles. The van der Waals surface area contributed by atoms with Crippen LogP contribution in [0.15, 0.2) is 18.3 Å². The average molecular weight is 235 g/mol. The molecule has 0 amide bonds. The summed E-state index contributed by atoms with van der Waals surface area (Å²) in [4.78, 5) is 6.84. The van der Waals surface area contributed by atoms with Gasteiger partial charge in [-0.25, -0.2) is 0 Å². The second-order valence-corrected chi connectivity index (χ2v) is 5.50. The van der Waals surface area contributed by atoms with Crippen LogP contribution in [-0.2, 0) is 6.54 Å². The quantitative estimate of drug-likeness (QED) is 0.822. The fraction of sp³-hybridized carbons (Fsp3) is 0.643. The summed E-state index contributed by atoms with van der Waals surface area (Å²) in [6.07, 6.45) is 1.93. The minimum Gasteiger partial charge on any atom is -0.330 e. The molecular weight excluding hydrogens is 210 g/mol. The third-order valence-electron chi connectivity index (χ3n) is 3.01. The van der Waals surface area contributed by atoms with Crippen LogP contribution in [0.4, 0.5) is 0 Å². The molecule has 96 valence electrons. The Morgan fingerprint density at radius 2 is 2.06 bits per heavy atom. The maximum absolute atomic E-state index is 5.78. The molecule has 0 bridgehead atoms. The number of nitrogens with two attached hydrogens (primary N) is 1. The Labute approximate surface area is 105 Å². The maximum Gasteiger partial charge on any atom is 0.0544 e. The predicted octanol–water partition coefficient (Wildman–Crippen LogP) is 2.20. The summed E-state index contributed by atoms with van der Waals surface area (Å²) in [6, 6.07) is 4.22. The molecule has 0 saturated carbocycles. The van der Waals surface area contributed by atoms with Crippen LogP contribution >= 0.6 is 0 Å². The van der Waals surface area contributed by atoms with Crippen molar-refractivity contribution in [3.8, 4) is 0 Å². The minimum atomic E-state index is 0.167. The van der Waals surface area contributed by atoms with Crippen LogP contribution in [0.25, 0.3) is 0 Å². The van der Waals surface area contributed by atoms with E-state index in [2.05, 4.69) is 49.7 Å². The van der Waals surface area contributed by atoms with Crippen LogP contribution in [0.3, 0.4) is 0 Å².